The number of amides is 2. The molecule has 0 spiro atoms. The van der Waals surface area contributed by atoms with Crippen LogP contribution in [0.4, 0.5) is 18.9 Å². The standard InChI is InChI=1S/C18H17ClF3N3O3/c1-25-6-4-12(16(26)23-10-2-3-14(20)13(19)8-10)15(25)18(21,22)17(27)24-11-5-7-28-9-11/h2-4,6,8,11H,5,7,9H2,1H3,(H,23,26)(H,24,27). The van der Waals surface area contributed by atoms with Gasteiger partial charge in [0.1, 0.15) is 11.5 Å². The van der Waals surface area contributed by atoms with Gasteiger partial charge in [0.2, 0.25) is 0 Å². The van der Waals surface area contributed by atoms with E-state index in [2.05, 4.69) is 10.6 Å². The summed E-state index contributed by atoms with van der Waals surface area (Å²) in [7, 11) is 1.31. The first-order valence-electron chi connectivity index (χ1n) is 8.39. The summed E-state index contributed by atoms with van der Waals surface area (Å²) in [6.07, 6.45) is 1.69. The van der Waals surface area contributed by atoms with Crippen molar-refractivity contribution in [2.24, 2.45) is 7.05 Å². The van der Waals surface area contributed by atoms with Gasteiger partial charge in [-0.2, -0.15) is 8.78 Å². The van der Waals surface area contributed by atoms with Gasteiger partial charge < -0.3 is 19.9 Å². The van der Waals surface area contributed by atoms with E-state index in [-0.39, 0.29) is 22.9 Å². The summed E-state index contributed by atoms with van der Waals surface area (Å²) in [6.45, 7) is 0.544. The van der Waals surface area contributed by atoms with Crippen molar-refractivity contribution in [3.05, 3.63) is 52.6 Å². The molecule has 1 aromatic carbocycles. The first-order chi connectivity index (χ1) is 13.2. The van der Waals surface area contributed by atoms with Gasteiger partial charge in [-0.25, -0.2) is 4.39 Å². The van der Waals surface area contributed by atoms with Gasteiger partial charge in [0, 0.05) is 25.5 Å². The molecule has 1 saturated heterocycles. The van der Waals surface area contributed by atoms with Crippen LogP contribution in [0.2, 0.25) is 5.02 Å². The van der Waals surface area contributed by atoms with Gasteiger partial charge in [0.05, 0.1) is 23.2 Å². The molecule has 1 atom stereocenters. The summed E-state index contributed by atoms with van der Waals surface area (Å²) in [4.78, 5) is 24.7. The van der Waals surface area contributed by atoms with Crippen molar-refractivity contribution >= 4 is 29.1 Å². The molecule has 0 aliphatic carbocycles. The molecule has 0 radical (unpaired) electrons. The van der Waals surface area contributed by atoms with Crippen molar-refractivity contribution in [1.82, 2.24) is 9.88 Å². The van der Waals surface area contributed by atoms with Crippen LogP contribution in [-0.2, 0) is 22.5 Å². The zero-order valence-corrected chi connectivity index (χ0v) is 15.5. The van der Waals surface area contributed by atoms with Crippen LogP contribution in [0.15, 0.2) is 30.5 Å². The van der Waals surface area contributed by atoms with Gasteiger partial charge in [0.15, 0.2) is 0 Å². The lowest BCUT2D eigenvalue weighted by Gasteiger charge is -2.21. The highest BCUT2D eigenvalue weighted by Gasteiger charge is 2.46. The number of aryl methyl sites for hydroxylation is 1. The van der Waals surface area contributed by atoms with E-state index in [4.69, 9.17) is 16.3 Å². The number of aromatic nitrogens is 1. The number of halogens is 4. The first kappa shape index (κ1) is 20.2. The molecule has 0 bridgehead atoms. The molecule has 1 aliphatic heterocycles. The quantitative estimate of drug-likeness (QED) is 0.788. The molecular formula is C18H17ClF3N3O3. The Morgan fingerprint density at radius 3 is 2.71 bits per heavy atom. The summed E-state index contributed by atoms with van der Waals surface area (Å²) < 4.78 is 49.0. The number of hydrogen-bond acceptors (Lipinski definition) is 3. The van der Waals surface area contributed by atoms with Crippen molar-refractivity contribution in [3.8, 4) is 0 Å². The number of carbonyl (C=O) groups is 2. The van der Waals surface area contributed by atoms with Crippen molar-refractivity contribution in [1.29, 1.82) is 0 Å². The lowest BCUT2D eigenvalue weighted by atomic mass is 10.1. The van der Waals surface area contributed by atoms with Gasteiger partial charge in [-0.3, -0.25) is 9.59 Å². The molecule has 2 N–H and O–H groups in total. The molecule has 150 valence electrons. The van der Waals surface area contributed by atoms with Crippen LogP contribution >= 0.6 is 11.6 Å². The van der Waals surface area contributed by atoms with Crippen LogP contribution in [0.25, 0.3) is 0 Å². The third-order valence-corrected chi connectivity index (χ3v) is 4.63. The number of benzene rings is 1. The first-order valence-corrected chi connectivity index (χ1v) is 8.76. The smallest absolute Gasteiger partial charge is 0.364 e. The van der Waals surface area contributed by atoms with Crippen LogP contribution in [0.3, 0.4) is 0 Å². The van der Waals surface area contributed by atoms with Crippen molar-refractivity contribution in [2.75, 3.05) is 18.5 Å². The SMILES string of the molecule is Cn1ccc(C(=O)Nc2ccc(F)c(Cl)c2)c1C(F)(F)C(=O)NC1CCOC1. The summed E-state index contributed by atoms with van der Waals surface area (Å²) >= 11 is 5.66. The molecule has 1 fully saturated rings. The zero-order chi connectivity index (χ0) is 20.5. The van der Waals surface area contributed by atoms with E-state index in [0.29, 0.717) is 13.0 Å². The number of rotatable bonds is 5. The van der Waals surface area contributed by atoms with E-state index in [1.54, 1.807) is 0 Å². The Morgan fingerprint density at radius 2 is 2.07 bits per heavy atom. The van der Waals surface area contributed by atoms with Crippen LogP contribution in [0.5, 0.6) is 0 Å². The van der Waals surface area contributed by atoms with Gasteiger partial charge in [0.25, 0.3) is 11.8 Å². The molecular weight excluding hydrogens is 399 g/mol. The van der Waals surface area contributed by atoms with Crippen LogP contribution < -0.4 is 10.6 Å². The third kappa shape index (κ3) is 4.00. The van der Waals surface area contributed by atoms with Gasteiger partial charge >= 0.3 is 5.92 Å². The molecule has 3 rings (SSSR count). The largest absolute Gasteiger partial charge is 0.379 e. The van der Waals surface area contributed by atoms with E-state index in [1.165, 1.54) is 25.4 Å². The maximum atomic E-state index is 14.8. The second kappa shape index (κ2) is 7.84. The molecule has 2 aromatic rings. The number of ether oxygens (including phenoxy) is 1. The Bertz CT molecular complexity index is 911. The maximum absolute atomic E-state index is 14.8. The molecule has 1 unspecified atom stereocenters. The van der Waals surface area contributed by atoms with Gasteiger partial charge in [-0.05, 0) is 30.7 Å². The zero-order valence-electron chi connectivity index (χ0n) is 14.8. The minimum absolute atomic E-state index is 0.127. The predicted octanol–water partition coefficient (Wildman–Crippen LogP) is 3.07. The monoisotopic (exact) mass is 415 g/mol. The normalized spacial score (nSPS) is 16.8. The fourth-order valence-electron chi connectivity index (χ4n) is 2.91. The lowest BCUT2D eigenvalue weighted by molar-refractivity contribution is -0.148. The summed E-state index contributed by atoms with van der Waals surface area (Å²) in [5.74, 6) is -7.02. The Morgan fingerprint density at radius 1 is 1.32 bits per heavy atom. The van der Waals surface area contributed by atoms with E-state index < -0.39 is 35.3 Å². The summed E-state index contributed by atoms with van der Waals surface area (Å²) in [6, 6.07) is 4.11. The second-order valence-electron chi connectivity index (χ2n) is 6.38. The Hall–Kier alpha value is -2.52. The average molecular weight is 416 g/mol. The van der Waals surface area contributed by atoms with E-state index >= 15 is 0 Å². The van der Waals surface area contributed by atoms with Crippen molar-refractivity contribution in [3.63, 3.8) is 0 Å². The number of anilines is 1. The van der Waals surface area contributed by atoms with Crippen LogP contribution in [0, 0.1) is 5.82 Å². The van der Waals surface area contributed by atoms with E-state index in [1.807, 2.05) is 0 Å². The van der Waals surface area contributed by atoms with Crippen molar-refractivity contribution < 1.29 is 27.5 Å². The Kier molecular flexibility index (Phi) is 5.66. The summed E-state index contributed by atoms with van der Waals surface area (Å²) in [5, 5.41) is 4.39. The third-order valence-electron chi connectivity index (χ3n) is 4.34. The van der Waals surface area contributed by atoms with E-state index in [0.717, 1.165) is 16.7 Å². The predicted molar refractivity (Wildman–Crippen MR) is 96.0 cm³/mol. The Balaban J connectivity index is 1.84. The highest BCUT2D eigenvalue weighted by molar-refractivity contribution is 6.31. The molecule has 10 heteroatoms. The topological polar surface area (TPSA) is 72.4 Å². The number of hydrogen-bond donors (Lipinski definition) is 2. The average Bonchev–Trinajstić information content (AvgIpc) is 3.27. The minimum Gasteiger partial charge on any atom is -0.379 e. The molecule has 1 aliphatic rings. The molecule has 0 saturated carbocycles. The minimum atomic E-state index is -3.95. The second-order valence-corrected chi connectivity index (χ2v) is 6.79. The number of carbonyl (C=O) groups excluding carboxylic acids is 2. The number of nitrogens with one attached hydrogen (secondary N) is 2. The Labute approximate surface area is 163 Å². The molecule has 2 heterocycles. The fourth-order valence-corrected chi connectivity index (χ4v) is 3.09. The van der Waals surface area contributed by atoms with Crippen LogP contribution in [-0.4, -0.2) is 35.6 Å². The fraction of sp³-hybridized carbons (Fsp3) is 0.333. The lowest BCUT2D eigenvalue weighted by Crippen LogP contribution is -2.45. The van der Waals surface area contributed by atoms with Crippen LogP contribution in [0.1, 0.15) is 22.5 Å². The molecule has 2 amide bonds. The number of alkyl halides is 2. The van der Waals surface area contributed by atoms with Gasteiger partial charge in [-0.1, -0.05) is 11.6 Å². The molecule has 6 nitrogen and oxygen atoms in total. The molecule has 28 heavy (non-hydrogen) atoms. The summed E-state index contributed by atoms with van der Waals surface area (Å²) in [5.41, 5.74) is -1.01. The highest BCUT2D eigenvalue weighted by Crippen LogP contribution is 2.32. The highest BCUT2D eigenvalue weighted by atomic mass is 35.5. The number of nitrogens with zero attached hydrogens (tertiary/aromatic N) is 1. The maximum Gasteiger partial charge on any atom is 0.364 e. The van der Waals surface area contributed by atoms with E-state index in [9.17, 15) is 22.8 Å². The van der Waals surface area contributed by atoms with Crippen molar-refractivity contribution in [2.45, 2.75) is 18.4 Å². The van der Waals surface area contributed by atoms with Gasteiger partial charge in [-0.15, -0.1) is 0 Å². The molecule has 1 aromatic heterocycles.